The highest BCUT2D eigenvalue weighted by molar-refractivity contribution is 6.30. The van der Waals surface area contributed by atoms with Crippen LogP contribution in [-0.2, 0) is 27.7 Å². The molecule has 0 atom stereocenters. The molecule has 0 aliphatic carbocycles. The summed E-state index contributed by atoms with van der Waals surface area (Å²) in [6.45, 7) is 0.644. The quantitative estimate of drug-likeness (QED) is 0.569. The molecule has 0 aliphatic heterocycles. The van der Waals surface area contributed by atoms with Crippen molar-refractivity contribution >= 4 is 17.6 Å². The van der Waals surface area contributed by atoms with Gasteiger partial charge in [0.05, 0.1) is 18.1 Å². The van der Waals surface area contributed by atoms with Crippen LogP contribution in [0.1, 0.15) is 12.2 Å². The third kappa shape index (κ3) is 4.51. The van der Waals surface area contributed by atoms with E-state index < -0.39 is 0 Å². The third-order valence-electron chi connectivity index (χ3n) is 2.87. The molecule has 0 unspecified atom stereocenters. The van der Waals surface area contributed by atoms with E-state index in [1.165, 1.54) is 0 Å². The number of esters is 1. The maximum atomic E-state index is 11.5. The lowest BCUT2D eigenvalue weighted by molar-refractivity contribution is -0.144. The van der Waals surface area contributed by atoms with Crippen LogP contribution in [0.15, 0.2) is 18.3 Å². The second-order valence-electron chi connectivity index (χ2n) is 4.55. The van der Waals surface area contributed by atoms with E-state index in [0.717, 1.165) is 0 Å². The molecular weight excluding hydrogens is 308 g/mol. The number of ether oxygens (including phenoxy) is 2. The van der Waals surface area contributed by atoms with Gasteiger partial charge in [0.2, 0.25) is 0 Å². The van der Waals surface area contributed by atoms with Crippen molar-refractivity contribution in [3.8, 4) is 11.5 Å². The average Bonchev–Trinajstić information content (AvgIpc) is 2.87. The summed E-state index contributed by atoms with van der Waals surface area (Å²) in [4.78, 5) is 20.1. The van der Waals surface area contributed by atoms with Gasteiger partial charge in [0.25, 0.3) is 0 Å². The molecule has 0 amide bonds. The van der Waals surface area contributed by atoms with Crippen molar-refractivity contribution in [3.63, 3.8) is 0 Å². The molecule has 0 bridgehead atoms. The summed E-state index contributed by atoms with van der Waals surface area (Å²) in [5.41, 5.74) is 0.674. The number of pyridine rings is 1. The average molecular weight is 325 g/mol. The van der Waals surface area contributed by atoms with E-state index in [1.807, 2.05) is 0 Å². The number of carbonyl (C=O) groups excluding carboxylic acids is 1. The van der Waals surface area contributed by atoms with E-state index in [2.05, 4.69) is 15.1 Å². The number of rotatable bonds is 7. The predicted octanol–water partition coefficient (Wildman–Crippen LogP) is 1.65. The van der Waals surface area contributed by atoms with Crippen LogP contribution >= 0.6 is 11.6 Å². The van der Waals surface area contributed by atoms with Gasteiger partial charge >= 0.3 is 5.97 Å². The van der Waals surface area contributed by atoms with E-state index in [9.17, 15) is 4.79 Å². The lowest BCUT2D eigenvalue weighted by Crippen LogP contribution is -2.10. The third-order valence-corrected chi connectivity index (χ3v) is 3.09. The van der Waals surface area contributed by atoms with Crippen LogP contribution < -0.4 is 0 Å². The topological polar surface area (TPSA) is 79.1 Å². The molecular formula is C14H17ClN4O3. The first-order chi connectivity index (χ1) is 10.6. The summed E-state index contributed by atoms with van der Waals surface area (Å²) in [6, 6.07) is 3.51. The minimum absolute atomic E-state index is 0.223. The van der Waals surface area contributed by atoms with Crippen LogP contribution in [-0.4, -0.2) is 46.0 Å². The molecule has 2 aromatic rings. The molecule has 0 N–H and O–H groups in total. The van der Waals surface area contributed by atoms with Gasteiger partial charge in [-0.1, -0.05) is 11.6 Å². The zero-order valence-corrected chi connectivity index (χ0v) is 13.2. The van der Waals surface area contributed by atoms with Crippen molar-refractivity contribution in [1.82, 2.24) is 19.7 Å². The fourth-order valence-electron chi connectivity index (χ4n) is 1.80. The molecule has 2 rings (SSSR count). The Morgan fingerprint density at radius 3 is 2.86 bits per heavy atom. The van der Waals surface area contributed by atoms with Crippen LogP contribution in [0.4, 0.5) is 0 Å². The molecule has 0 radical (unpaired) electrons. The maximum absolute atomic E-state index is 11.5. The van der Waals surface area contributed by atoms with Crippen LogP contribution in [0.3, 0.4) is 0 Å². The van der Waals surface area contributed by atoms with Gasteiger partial charge in [0.15, 0.2) is 11.6 Å². The molecule has 118 valence electrons. The lowest BCUT2D eigenvalue weighted by Gasteiger charge is -2.02. The number of aromatic nitrogens is 4. The first-order valence-electron chi connectivity index (χ1n) is 6.76. The van der Waals surface area contributed by atoms with E-state index in [0.29, 0.717) is 35.4 Å². The number of hydrogen-bond donors (Lipinski definition) is 0. The SMILES string of the molecule is COCCOC(=O)CCc1nc(-c2ccc(Cl)cn2)n(C)n1. The molecule has 0 saturated heterocycles. The summed E-state index contributed by atoms with van der Waals surface area (Å²) in [6.07, 6.45) is 2.19. The van der Waals surface area contributed by atoms with Gasteiger partial charge in [-0.15, -0.1) is 0 Å². The molecule has 2 heterocycles. The van der Waals surface area contributed by atoms with Crippen molar-refractivity contribution in [2.75, 3.05) is 20.3 Å². The van der Waals surface area contributed by atoms with Crippen LogP contribution in [0, 0.1) is 0 Å². The highest BCUT2D eigenvalue weighted by atomic mass is 35.5. The number of aryl methyl sites for hydroxylation is 2. The van der Waals surface area contributed by atoms with E-state index in [4.69, 9.17) is 21.1 Å². The van der Waals surface area contributed by atoms with Gasteiger partial charge in [0.1, 0.15) is 12.3 Å². The Morgan fingerprint density at radius 1 is 1.36 bits per heavy atom. The molecule has 0 saturated carbocycles. The normalized spacial score (nSPS) is 10.7. The van der Waals surface area contributed by atoms with E-state index in [1.54, 1.807) is 37.2 Å². The Morgan fingerprint density at radius 2 is 2.18 bits per heavy atom. The summed E-state index contributed by atoms with van der Waals surface area (Å²) < 4.78 is 11.4. The van der Waals surface area contributed by atoms with Crippen molar-refractivity contribution < 1.29 is 14.3 Å². The summed E-state index contributed by atoms with van der Waals surface area (Å²) in [7, 11) is 3.33. The Kier molecular flexibility index (Phi) is 5.85. The minimum atomic E-state index is -0.296. The monoisotopic (exact) mass is 324 g/mol. The van der Waals surface area contributed by atoms with Crippen LogP contribution in [0.25, 0.3) is 11.5 Å². The molecule has 8 heteroatoms. The van der Waals surface area contributed by atoms with Gasteiger partial charge in [-0.05, 0) is 12.1 Å². The Hall–Kier alpha value is -1.99. The van der Waals surface area contributed by atoms with Crippen molar-refractivity contribution in [2.45, 2.75) is 12.8 Å². The summed E-state index contributed by atoms with van der Waals surface area (Å²) >= 11 is 5.82. The van der Waals surface area contributed by atoms with Gasteiger partial charge in [-0.25, -0.2) is 9.67 Å². The fraction of sp³-hybridized carbons (Fsp3) is 0.429. The number of carbonyl (C=O) groups is 1. The minimum Gasteiger partial charge on any atom is -0.463 e. The second-order valence-corrected chi connectivity index (χ2v) is 4.99. The molecule has 0 spiro atoms. The number of nitrogens with zero attached hydrogens (tertiary/aromatic N) is 4. The number of hydrogen-bond acceptors (Lipinski definition) is 6. The Bertz CT molecular complexity index is 628. The largest absolute Gasteiger partial charge is 0.463 e. The van der Waals surface area contributed by atoms with E-state index in [-0.39, 0.29) is 19.0 Å². The van der Waals surface area contributed by atoms with Crippen LogP contribution in [0.5, 0.6) is 0 Å². The highest BCUT2D eigenvalue weighted by Gasteiger charge is 2.12. The predicted molar refractivity (Wildman–Crippen MR) is 80.4 cm³/mol. The van der Waals surface area contributed by atoms with Crippen molar-refractivity contribution in [1.29, 1.82) is 0 Å². The van der Waals surface area contributed by atoms with Gasteiger partial charge in [-0.2, -0.15) is 5.10 Å². The highest BCUT2D eigenvalue weighted by Crippen LogP contribution is 2.16. The number of halogens is 1. The number of methoxy groups -OCH3 is 1. The smallest absolute Gasteiger partial charge is 0.306 e. The summed E-state index contributed by atoms with van der Waals surface area (Å²) in [5.74, 6) is 0.896. The van der Waals surface area contributed by atoms with E-state index >= 15 is 0 Å². The molecule has 0 aromatic carbocycles. The molecule has 22 heavy (non-hydrogen) atoms. The second kappa shape index (κ2) is 7.86. The van der Waals surface area contributed by atoms with Gasteiger partial charge < -0.3 is 9.47 Å². The van der Waals surface area contributed by atoms with Gasteiger partial charge in [0, 0.05) is 26.8 Å². The summed E-state index contributed by atoms with van der Waals surface area (Å²) in [5, 5.41) is 4.84. The van der Waals surface area contributed by atoms with Crippen LogP contribution in [0.2, 0.25) is 5.02 Å². The lowest BCUT2D eigenvalue weighted by atomic mass is 10.3. The first kappa shape index (κ1) is 16.4. The molecule has 0 fully saturated rings. The zero-order valence-electron chi connectivity index (χ0n) is 12.5. The standard InChI is InChI=1S/C14H17ClN4O3/c1-19-14(11-4-3-10(15)9-16-11)17-12(18-19)5-6-13(20)22-8-7-21-2/h3-4,9H,5-8H2,1-2H3. The van der Waals surface area contributed by atoms with Gasteiger partial charge in [-0.3, -0.25) is 9.78 Å². The first-order valence-corrected chi connectivity index (χ1v) is 7.14. The molecule has 7 nitrogen and oxygen atoms in total. The van der Waals surface area contributed by atoms with Crippen molar-refractivity contribution in [3.05, 3.63) is 29.2 Å². The fourth-order valence-corrected chi connectivity index (χ4v) is 1.91. The molecule has 0 aliphatic rings. The Labute approximate surface area is 133 Å². The zero-order chi connectivity index (χ0) is 15.9. The Balaban J connectivity index is 1.95. The molecule has 2 aromatic heterocycles. The maximum Gasteiger partial charge on any atom is 0.306 e. The van der Waals surface area contributed by atoms with Crippen molar-refractivity contribution in [2.24, 2.45) is 7.05 Å².